The van der Waals surface area contributed by atoms with Gasteiger partial charge in [-0.1, -0.05) is 66.7 Å². The number of hydrogen-bond donors (Lipinski definition) is 2. The summed E-state index contributed by atoms with van der Waals surface area (Å²) in [5, 5.41) is 12.7. The first-order valence-corrected chi connectivity index (χ1v) is 10.8. The highest BCUT2D eigenvalue weighted by Crippen LogP contribution is 2.44. The summed E-state index contributed by atoms with van der Waals surface area (Å²) in [5.74, 6) is 0.0523. The molecular formula is C26H26N2O3. The third kappa shape index (κ3) is 3.89. The Hall–Kier alpha value is -3.31. The Kier molecular flexibility index (Phi) is 5.35. The van der Waals surface area contributed by atoms with Gasteiger partial charge >= 0.3 is 6.09 Å². The predicted octanol–water partition coefficient (Wildman–Crippen LogP) is 4.30. The molecule has 0 aromatic heterocycles. The van der Waals surface area contributed by atoms with Crippen LogP contribution in [0, 0.1) is 0 Å². The van der Waals surface area contributed by atoms with Crippen molar-refractivity contribution in [3.63, 3.8) is 0 Å². The molecule has 1 aliphatic heterocycles. The van der Waals surface area contributed by atoms with Crippen LogP contribution in [0.4, 0.5) is 10.5 Å². The number of rotatable bonds is 5. The number of benzene rings is 3. The van der Waals surface area contributed by atoms with Gasteiger partial charge in [-0.25, -0.2) is 4.79 Å². The Balaban J connectivity index is 1.23. The molecule has 0 radical (unpaired) electrons. The number of ether oxygens (including phenoxy) is 1. The van der Waals surface area contributed by atoms with Crippen LogP contribution >= 0.6 is 0 Å². The lowest BCUT2D eigenvalue weighted by atomic mass is 9.98. The van der Waals surface area contributed by atoms with E-state index in [1.54, 1.807) is 0 Å². The van der Waals surface area contributed by atoms with Gasteiger partial charge in [0.2, 0.25) is 0 Å². The third-order valence-corrected chi connectivity index (χ3v) is 6.26. The van der Waals surface area contributed by atoms with Crippen molar-refractivity contribution in [1.82, 2.24) is 5.32 Å². The topological polar surface area (TPSA) is 61.8 Å². The molecule has 1 unspecified atom stereocenters. The molecule has 3 aromatic rings. The zero-order valence-corrected chi connectivity index (χ0v) is 17.3. The van der Waals surface area contributed by atoms with E-state index < -0.39 is 6.09 Å². The molecule has 1 aliphatic carbocycles. The van der Waals surface area contributed by atoms with E-state index in [-0.39, 0.29) is 12.0 Å². The zero-order chi connectivity index (χ0) is 21.2. The second kappa shape index (κ2) is 8.44. The van der Waals surface area contributed by atoms with Crippen LogP contribution in [0.25, 0.3) is 11.1 Å². The number of alkyl carbamates (subject to hydrolysis) is 1. The van der Waals surface area contributed by atoms with E-state index in [9.17, 15) is 9.90 Å². The number of anilines is 1. The Morgan fingerprint density at radius 1 is 0.968 bits per heavy atom. The molecule has 0 bridgehead atoms. The standard InChI is InChI=1S/C26H26N2O3/c29-19-13-14-28(16-19)25-12-6-1-7-18(25)15-27-26(30)31-17-24-22-10-4-2-8-20(22)21-9-3-5-11-23(21)24/h1-12,19,24,29H,13-17H2,(H,27,30). The molecule has 158 valence electrons. The number of fused-ring (bicyclic) bond motifs is 3. The number of carbonyl (C=O) groups excluding carboxylic acids is 1. The van der Waals surface area contributed by atoms with Crippen LogP contribution in [0.5, 0.6) is 0 Å². The maximum atomic E-state index is 12.5. The van der Waals surface area contributed by atoms with Gasteiger partial charge in [-0.3, -0.25) is 0 Å². The van der Waals surface area contributed by atoms with Crippen LogP contribution in [-0.2, 0) is 11.3 Å². The number of β-amino-alcohol motifs (C(OH)–C–C–N with tert-alkyl or cyclic N) is 1. The number of aliphatic hydroxyl groups excluding tert-OH is 1. The third-order valence-electron chi connectivity index (χ3n) is 6.26. The number of nitrogens with one attached hydrogen (secondary N) is 1. The highest BCUT2D eigenvalue weighted by atomic mass is 16.5. The average Bonchev–Trinajstić information content (AvgIpc) is 3.38. The fraction of sp³-hybridized carbons (Fsp3) is 0.269. The predicted molar refractivity (Wildman–Crippen MR) is 121 cm³/mol. The minimum Gasteiger partial charge on any atom is -0.449 e. The van der Waals surface area contributed by atoms with Gasteiger partial charge in [-0.2, -0.15) is 0 Å². The van der Waals surface area contributed by atoms with Crippen molar-refractivity contribution in [2.75, 3.05) is 24.6 Å². The van der Waals surface area contributed by atoms with E-state index in [0.717, 1.165) is 24.2 Å². The van der Waals surface area contributed by atoms with Crippen LogP contribution in [0.15, 0.2) is 72.8 Å². The van der Waals surface area contributed by atoms with Crippen molar-refractivity contribution in [3.8, 4) is 11.1 Å². The van der Waals surface area contributed by atoms with Crippen molar-refractivity contribution in [1.29, 1.82) is 0 Å². The minimum absolute atomic E-state index is 0.0523. The lowest BCUT2D eigenvalue weighted by Crippen LogP contribution is -2.28. The molecule has 31 heavy (non-hydrogen) atoms. The van der Waals surface area contributed by atoms with Crippen LogP contribution in [0.3, 0.4) is 0 Å². The second-order valence-electron chi connectivity index (χ2n) is 8.20. The first-order chi connectivity index (χ1) is 15.2. The van der Waals surface area contributed by atoms with Crippen molar-refractivity contribution >= 4 is 11.8 Å². The molecule has 2 aliphatic rings. The first-order valence-electron chi connectivity index (χ1n) is 10.8. The maximum absolute atomic E-state index is 12.5. The second-order valence-corrected chi connectivity index (χ2v) is 8.20. The number of nitrogens with zero attached hydrogens (tertiary/aromatic N) is 1. The van der Waals surface area contributed by atoms with Crippen LogP contribution in [-0.4, -0.2) is 37.0 Å². The molecule has 5 heteroatoms. The molecule has 2 N–H and O–H groups in total. The Bertz CT molecular complexity index is 1050. The first kappa shape index (κ1) is 19.6. The summed E-state index contributed by atoms with van der Waals surface area (Å²) in [6, 6.07) is 24.6. The van der Waals surface area contributed by atoms with E-state index in [0.29, 0.717) is 19.7 Å². The van der Waals surface area contributed by atoms with Crippen molar-refractivity contribution in [3.05, 3.63) is 89.5 Å². The summed E-state index contributed by atoms with van der Waals surface area (Å²) in [6.45, 7) is 2.14. The van der Waals surface area contributed by atoms with Gasteiger partial charge in [-0.15, -0.1) is 0 Å². The summed E-state index contributed by atoms with van der Waals surface area (Å²) >= 11 is 0. The average molecular weight is 415 g/mol. The van der Waals surface area contributed by atoms with E-state index in [1.165, 1.54) is 22.3 Å². The number of amides is 1. The van der Waals surface area contributed by atoms with E-state index >= 15 is 0 Å². The molecule has 0 spiro atoms. The summed E-state index contributed by atoms with van der Waals surface area (Å²) < 4.78 is 5.64. The minimum atomic E-state index is -0.418. The van der Waals surface area contributed by atoms with E-state index in [1.807, 2.05) is 48.5 Å². The van der Waals surface area contributed by atoms with Gasteiger partial charge in [-0.05, 0) is 40.3 Å². The van der Waals surface area contributed by atoms with Gasteiger partial charge < -0.3 is 20.1 Å². The van der Waals surface area contributed by atoms with Crippen molar-refractivity contribution in [2.45, 2.75) is 25.0 Å². The normalized spacial score (nSPS) is 17.3. The number of hydrogen-bond acceptors (Lipinski definition) is 4. The van der Waals surface area contributed by atoms with Gasteiger partial charge in [0.05, 0.1) is 6.10 Å². The molecule has 3 aromatic carbocycles. The molecule has 1 saturated heterocycles. The lowest BCUT2D eigenvalue weighted by molar-refractivity contribution is 0.142. The van der Waals surface area contributed by atoms with Crippen LogP contribution < -0.4 is 10.2 Å². The summed E-state index contributed by atoms with van der Waals surface area (Å²) in [6.07, 6.45) is 0.0648. The largest absolute Gasteiger partial charge is 0.449 e. The number of para-hydroxylation sites is 1. The van der Waals surface area contributed by atoms with Crippen LogP contribution in [0.1, 0.15) is 29.0 Å². The van der Waals surface area contributed by atoms with Crippen molar-refractivity contribution in [2.24, 2.45) is 0 Å². The van der Waals surface area contributed by atoms with Gasteiger partial charge in [0.1, 0.15) is 6.61 Å². The highest BCUT2D eigenvalue weighted by molar-refractivity contribution is 5.79. The highest BCUT2D eigenvalue weighted by Gasteiger charge is 2.29. The molecule has 5 rings (SSSR count). The van der Waals surface area contributed by atoms with E-state index in [4.69, 9.17) is 4.74 Å². The molecule has 1 amide bonds. The van der Waals surface area contributed by atoms with E-state index in [2.05, 4.69) is 34.5 Å². The van der Waals surface area contributed by atoms with Gasteiger partial charge in [0, 0.05) is 31.2 Å². The fourth-order valence-electron chi connectivity index (χ4n) is 4.75. The lowest BCUT2D eigenvalue weighted by Gasteiger charge is -2.21. The number of carbonyl (C=O) groups is 1. The molecule has 1 heterocycles. The maximum Gasteiger partial charge on any atom is 0.407 e. The number of aliphatic hydroxyl groups is 1. The van der Waals surface area contributed by atoms with Gasteiger partial charge in [0.25, 0.3) is 0 Å². The smallest absolute Gasteiger partial charge is 0.407 e. The fourth-order valence-corrected chi connectivity index (χ4v) is 4.75. The Morgan fingerprint density at radius 3 is 2.29 bits per heavy atom. The molecule has 1 fully saturated rings. The molecule has 5 nitrogen and oxygen atoms in total. The van der Waals surface area contributed by atoms with Crippen LogP contribution in [0.2, 0.25) is 0 Å². The Morgan fingerprint density at radius 2 is 1.61 bits per heavy atom. The Labute approximate surface area is 182 Å². The molecule has 1 atom stereocenters. The molecular weight excluding hydrogens is 388 g/mol. The van der Waals surface area contributed by atoms with Crippen molar-refractivity contribution < 1.29 is 14.6 Å². The zero-order valence-electron chi connectivity index (χ0n) is 17.3. The summed E-state index contributed by atoms with van der Waals surface area (Å²) in [4.78, 5) is 14.7. The SMILES string of the molecule is O=C(NCc1ccccc1N1CCC(O)C1)OCC1c2ccccc2-c2ccccc21. The monoisotopic (exact) mass is 414 g/mol. The van der Waals surface area contributed by atoms with Gasteiger partial charge in [0.15, 0.2) is 0 Å². The quantitative estimate of drug-likeness (QED) is 0.654. The summed E-state index contributed by atoms with van der Waals surface area (Å²) in [5.41, 5.74) is 6.91. The molecule has 0 saturated carbocycles. The summed E-state index contributed by atoms with van der Waals surface area (Å²) in [7, 11) is 0.